The van der Waals surface area contributed by atoms with E-state index >= 15 is 0 Å². The van der Waals surface area contributed by atoms with Gasteiger partial charge in [0.25, 0.3) is 5.91 Å². The summed E-state index contributed by atoms with van der Waals surface area (Å²) in [5, 5.41) is 11.3. The number of thioether (sulfide) groups is 1. The number of nitrogens with one attached hydrogen (secondary N) is 4. The van der Waals surface area contributed by atoms with Crippen molar-refractivity contribution < 1.29 is 18.8 Å². The van der Waals surface area contributed by atoms with Crippen LogP contribution in [0.25, 0.3) is 0 Å². The number of halogens is 2. The molecule has 0 aromatic heterocycles. The van der Waals surface area contributed by atoms with Gasteiger partial charge >= 0.3 is 0 Å². The van der Waals surface area contributed by atoms with E-state index in [0.717, 1.165) is 23.9 Å². The molecule has 3 amide bonds. The van der Waals surface area contributed by atoms with Crippen molar-refractivity contribution in [3.8, 4) is 0 Å². The third kappa shape index (κ3) is 5.92. The molecule has 1 heterocycles. The van der Waals surface area contributed by atoms with Crippen molar-refractivity contribution in [1.82, 2.24) is 16.0 Å². The number of carbonyl (C=O) groups is 3. The highest BCUT2D eigenvalue weighted by molar-refractivity contribution is 8.00. The molecule has 1 aliphatic heterocycles. The van der Waals surface area contributed by atoms with E-state index in [2.05, 4.69) is 21.3 Å². The minimum Gasteiger partial charge on any atom is -0.338 e. The Hall–Kier alpha value is -2.66. The maximum Gasteiger partial charge on any atom is 0.252 e. The minimum absolute atomic E-state index is 0.0454. The molecule has 3 atom stereocenters. The second-order valence-corrected chi connectivity index (χ2v) is 7.94. The van der Waals surface area contributed by atoms with Gasteiger partial charge in [-0.2, -0.15) is 0 Å². The fourth-order valence-electron chi connectivity index (χ4n) is 2.69. The van der Waals surface area contributed by atoms with Crippen LogP contribution in [0.4, 0.5) is 10.1 Å². The Kier molecular flexibility index (Phi) is 7.27. The van der Waals surface area contributed by atoms with Crippen LogP contribution >= 0.6 is 23.4 Å². The first-order chi connectivity index (χ1) is 14.3. The van der Waals surface area contributed by atoms with Crippen molar-refractivity contribution in [2.45, 2.75) is 17.7 Å². The molecule has 0 spiro atoms. The number of nitrogens with two attached hydrogens (primary N) is 1. The number of carbonyl (C=O) groups excluding carboxylic acids is 3. The fourth-order valence-corrected chi connectivity index (χ4v) is 3.72. The topological polar surface area (TPSA) is 125 Å². The lowest BCUT2D eigenvalue weighted by atomic mass is 10.1. The zero-order chi connectivity index (χ0) is 21.7. The molecule has 3 rings (SSSR count). The Morgan fingerprint density at radius 2 is 1.93 bits per heavy atom. The highest BCUT2D eigenvalue weighted by Crippen LogP contribution is 2.16. The molecule has 0 aliphatic carbocycles. The molecule has 8 nitrogen and oxygen atoms in total. The van der Waals surface area contributed by atoms with Gasteiger partial charge in [-0.3, -0.25) is 19.7 Å². The van der Waals surface area contributed by atoms with E-state index < -0.39 is 35.3 Å². The number of amides is 3. The summed E-state index contributed by atoms with van der Waals surface area (Å²) in [5.41, 5.74) is 6.13. The van der Waals surface area contributed by atoms with Gasteiger partial charge in [0.15, 0.2) is 0 Å². The molecule has 0 saturated carbocycles. The average molecular weight is 452 g/mol. The summed E-state index contributed by atoms with van der Waals surface area (Å²) < 4.78 is 13.0. The second kappa shape index (κ2) is 9.90. The van der Waals surface area contributed by atoms with Gasteiger partial charge in [-0.25, -0.2) is 4.39 Å². The summed E-state index contributed by atoms with van der Waals surface area (Å²) in [6.45, 7) is 0. The van der Waals surface area contributed by atoms with E-state index in [4.69, 9.17) is 17.3 Å². The third-order valence-electron chi connectivity index (χ3n) is 4.14. The Balaban J connectivity index is 1.49. The van der Waals surface area contributed by atoms with E-state index in [-0.39, 0.29) is 17.2 Å². The molecule has 1 aliphatic rings. The van der Waals surface area contributed by atoms with Crippen LogP contribution in [0.5, 0.6) is 0 Å². The van der Waals surface area contributed by atoms with Crippen LogP contribution in [0.1, 0.15) is 10.4 Å². The highest BCUT2D eigenvalue weighted by Gasteiger charge is 2.35. The quantitative estimate of drug-likeness (QED) is 0.450. The van der Waals surface area contributed by atoms with Gasteiger partial charge in [0.05, 0.1) is 11.9 Å². The molecule has 11 heteroatoms. The third-order valence-corrected chi connectivity index (χ3v) is 5.39. The summed E-state index contributed by atoms with van der Waals surface area (Å²) in [7, 11) is 0. The Morgan fingerprint density at radius 3 is 2.60 bits per heavy atom. The smallest absolute Gasteiger partial charge is 0.252 e. The number of rotatable bonds is 6. The molecule has 1 saturated heterocycles. The number of hydrogen-bond acceptors (Lipinski definition) is 6. The first-order valence-electron chi connectivity index (χ1n) is 8.87. The van der Waals surface area contributed by atoms with E-state index in [1.54, 1.807) is 24.3 Å². The van der Waals surface area contributed by atoms with Crippen molar-refractivity contribution in [2.24, 2.45) is 5.73 Å². The largest absolute Gasteiger partial charge is 0.338 e. The van der Waals surface area contributed by atoms with Gasteiger partial charge in [-0.1, -0.05) is 17.7 Å². The van der Waals surface area contributed by atoms with Crippen molar-refractivity contribution in [3.63, 3.8) is 0 Å². The summed E-state index contributed by atoms with van der Waals surface area (Å²) in [4.78, 5) is 36.7. The first kappa shape index (κ1) is 22.0. The van der Waals surface area contributed by atoms with Crippen molar-refractivity contribution in [1.29, 1.82) is 0 Å². The summed E-state index contributed by atoms with van der Waals surface area (Å²) in [6.07, 6.45) is -0.878. The maximum atomic E-state index is 13.0. The first-order valence-corrected chi connectivity index (χ1v) is 10.3. The van der Waals surface area contributed by atoms with Gasteiger partial charge in [0, 0.05) is 16.3 Å². The zero-order valence-electron chi connectivity index (χ0n) is 15.5. The zero-order valence-corrected chi connectivity index (χ0v) is 17.1. The average Bonchev–Trinajstić information content (AvgIpc) is 2.69. The van der Waals surface area contributed by atoms with Crippen LogP contribution in [-0.4, -0.2) is 41.2 Å². The van der Waals surface area contributed by atoms with Gasteiger partial charge in [-0.05, 0) is 42.5 Å². The Labute approximate surface area is 181 Å². The second-order valence-electron chi connectivity index (χ2n) is 6.41. The van der Waals surface area contributed by atoms with Crippen LogP contribution in [0.2, 0.25) is 5.02 Å². The summed E-state index contributed by atoms with van der Waals surface area (Å²) in [6, 6.07) is 10.6. The van der Waals surface area contributed by atoms with Crippen LogP contribution < -0.4 is 27.0 Å². The molecule has 1 fully saturated rings. The summed E-state index contributed by atoms with van der Waals surface area (Å²) in [5.74, 6) is -1.76. The van der Waals surface area contributed by atoms with Crippen LogP contribution in [0.3, 0.4) is 0 Å². The lowest BCUT2D eigenvalue weighted by Crippen LogP contribution is -2.70. The molecule has 158 valence electrons. The SMILES string of the molecule is NC1NC(SCC(=O)Nc2cccc(Cl)c2)NC(=O)C1NC(=O)c1ccc(F)cc1. The van der Waals surface area contributed by atoms with Crippen LogP contribution in [-0.2, 0) is 9.59 Å². The molecule has 30 heavy (non-hydrogen) atoms. The summed E-state index contributed by atoms with van der Waals surface area (Å²) >= 11 is 7.01. The predicted molar refractivity (Wildman–Crippen MR) is 113 cm³/mol. The molecular weight excluding hydrogens is 433 g/mol. The van der Waals surface area contributed by atoms with E-state index in [1.165, 1.54) is 12.1 Å². The van der Waals surface area contributed by atoms with E-state index in [1.807, 2.05) is 0 Å². The van der Waals surface area contributed by atoms with Crippen molar-refractivity contribution in [2.75, 3.05) is 11.1 Å². The number of hydrogen-bond donors (Lipinski definition) is 5. The Morgan fingerprint density at radius 1 is 1.20 bits per heavy atom. The predicted octanol–water partition coefficient (Wildman–Crippen LogP) is 1.24. The van der Waals surface area contributed by atoms with Gasteiger partial charge < -0.3 is 21.7 Å². The van der Waals surface area contributed by atoms with Crippen LogP contribution in [0, 0.1) is 5.82 Å². The van der Waals surface area contributed by atoms with E-state index in [9.17, 15) is 18.8 Å². The van der Waals surface area contributed by atoms with Crippen molar-refractivity contribution in [3.05, 3.63) is 64.9 Å². The lowest BCUT2D eigenvalue weighted by molar-refractivity contribution is -0.125. The van der Waals surface area contributed by atoms with E-state index in [0.29, 0.717) is 10.7 Å². The van der Waals surface area contributed by atoms with Gasteiger partial charge in [0.1, 0.15) is 17.4 Å². The number of anilines is 1. The molecule has 6 N–H and O–H groups in total. The minimum atomic E-state index is -1.03. The maximum absolute atomic E-state index is 13.0. The van der Waals surface area contributed by atoms with Crippen molar-refractivity contribution >= 4 is 46.8 Å². The fraction of sp³-hybridized carbons (Fsp3) is 0.211. The molecule has 0 bridgehead atoms. The molecule has 3 unspecified atom stereocenters. The highest BCUT2D eigenvalue weighted by atomic mass is 35.5. The standard InChI is InChI=1S/C19H19ClFN5O3S/c20-11-2-1-3-13(8-11)23-14(27)9-30-19-25-16(22)15(18(29)26-19)24-17(28)10-4-6-12(21)7-5-10/h1-8,15-16,19,25H,9,22H2,(H,23,27)(H,24,28)(H,26,29). The lowest BCUT2D eigenvalue weighted by Gasteiger charge is -2.35. The molecule has 2 aromatic rings. The van der Waals surface area contributed by atoms with Gasteiger partial charge in [0.2, 0.25) is 11.8 Å². The molecular formula is C19H19ClFN5O3S. The number of benzene rings is 2. The Bertz CT molecular complexity index is 946. The molecule has 0 radical (unpaired) electrons. The van der Waals surface area contributed by atoms with Gasteiger partial charge in [-0.15, -0.1) is 11.8 Å². The monoisotopic (exact) mass is 451 g/mol. The van der Waals surface area contributed by atoms with Crippen LogP contribution in [0.15, 0.2) is 48.5 Å². The normalized spacial score (nSPS) is 20.9. The molecule has 2 aromatic carbocycles.